The highest BCUT2D eigenvalue weighted by molar-refractivity contribution is 5.71. The molecule has 0 aromatic heterocycles. The van der Waals surface area contributed by atoms with Gasteiger partial charge in [0.25, 0.3) is 0 Å². The summed E-state index contributed by atoms with van der Waals surface area (Å²) in [5.41, 5.74) is 1.71. The van der Waals surface area contributed by atoms with Crippen molar-refractivity contribution in [2.45, 2.75) is 51.6 Å². The van der Waals surface area contributed by atoms with Crippen LogP contribution in [-0.2, 0) is 19.0 Å². The molecule has 5 aromatic rings. The summed E-state index contributed by atoms with van der Waals surface area (Å²) in [6, 6.07) is 18.5. The fraction of sp³-hybridized carbons (Fsp3) is 0.200. The molecule has 0 amide bonds. The van der Waals surface area contributed by atoms with E-state index in [1.807, 2.05) is 24.3 Å². The van der Waals surface area contributed by atoms with Crippen LogP contribution in [0.4, 0.5) is 39.5 Å². The molecule has 0 aliphatic rings. The Labute approximate surface area is 283 Å². The van der Waals surface area contributed by atoms with Crippen molar-refractivity contribution in [1.82, 2.24) is 0 Å². The smallest absolute Gasteiger partial charge is 0.429 e. The van der Waals surface area contributed by atoms with Crippen LogP contribution < -0.4 is 4.74 Å². The molecule has 10 heteroatoms. The third kappa shape index (κ3) is 8.59. The van der Waals surface area contributed by atoms with E-state index in [-0.39, 0.29) is 36.1 Å². The number of ether oxygens (including phenoxy) is 1. The highest BCUT2D eigenvalue weighted by atomic mass is 19.3. The maximum atomic E-state index is 15.2. The molecule has 0 aliphatic heterocycles. The van der Waals surface area contributed by atoms with Gasteiger partial charge in [-0.25, -0.2) is 30.7 Å². The van der Waals surface area contributed by atoms with Gasteiger partial charge in [-0.15, -0.1) is 0 Å². The van der Waals surface area contributed by atoms with Gasteiger partial charge in [-0.3, -0.25) is 0 Å². The predicted molar refractivity (Wildman–Crippen MR) is 175 cm³/mol. The molecular formula is C40H31F9O. The Morgan fingerprint density at radius 3 is 1.84 bits per heavy atom. The lowest BCUT2D eigenvalue weighted by Crippen LogP contribution is -2.25. The predicted octanol–water partition coefficient (Wildman–Crippen LogP) is 12.5. The first-order chi connectivity index (χ1) is 23.9. The second-order valence-corrected chi connectivity index (χ2v) is 11.8. The van der Waals surface area contributed by atoms with Gasteiger partial charge in [-0.2, -0.15) is 8.78 Å². The van der Waals surface area contributed by atoms with Gasteiger partial charge in [0.1, 0.15) is 34.6 Å². The van der Waals surface area contributed by atoms with E-state index in [1.165, 1.54) is 42.3 Å². The first-order valence-corrected chi connectivity index (χ1v) is 15.9. The van der Waals surface area contributed by atoms with Crippen LogP contribution in [0.25, 0.3) is 28.3 Å². The zero-order valence-electron chi connectivity index (χ0n) is 26.8. The summed E-state index contributed by atoms with van der Waals surface area (Å²) in [4.78, 5) is 0. The monoisotopic (exact) mass is 698 g/mol. The van der Waals surface area contributed by atoms with E-state index in [2.05, 4.69) is 11.7 Å². The van der Waals surface area contributed by atoms with Crippen LogP contribution in [-0.4, -0.2) is 0 Å². The van der Waals surface area contributed by atoms with Crippen LogP contribution in [0.2, 0.25) is 0 Å². The van der Waals surface area contributed by atoms with E-state index >= 15 is 8.78 Å². The van der Waals surface area contributed by atoms with E-state index in [0.29, 0.717) is 28.8 Å². The van der Waals surface area contributed by atoms with Crippen molar-refractivity contribution in [3.05, 3.63) is 154 Å². The van der Waals surface area contributed by atoms with Crippen molar-refractivity contribution in [3.63, 3.8) is 0 Å². The third-order valence-corrected chi connectivity index (χ3v) is 8.14. The summed E-state index contributed by atoms with van der Waals surface area (Å²) in [6.07, 6.45) is 2.77. The molecule has 5 rings (SSSR count). The van der Waals surface area contributed by atoms with Gasteiger partial charge in [0.05, 0.1) is 0 Å². The lowest BCUT2D eigenvalue weighted by atomic mass is 9.97. The molecule has 1 nitrogen and oxygen atoms in total. The van der Waals surface area contributed by atoms with E-state index in [9.17, 15) is 30.7 Å². The molecule has 50 heavy (non-hydrogen) atoms. The molecule has 0 saturated heterocycles. The number of benzene rings is 5. The molecule has 0 heterocycles. The van der Waals surface area contributed by atoms with E-state index in [0.717, 1.165) is 24.8 Å². The van der Waals surface area contributed by atoms with Crippen molar-refractivity contribution in [2.75, 3.05) is 0 Å². The summed E-state index contributed by atoms with van der Waals surface area (Å²) < 4.78 is 133. The Bertz CT molecular complexity index is 1960. The number of halogens is 9. The Morgan fingerprint density at radius 1 is 0.600 bits per heavy atom. The van der Waals surface area contributed by atoms with Gasteiger partial charge in [0, 0.05) is 17.7 Å². The fourth-order valence-electron chi connectivity index (χ4n) is 5.50. The highest BCUT2D eigenvalue weighted by Crippen LogP contribution is 2.37. The molecule has 0 N–H and O–H groups in total. The topological polar surface area (TPSA) is 9.23 Å². The standard InChI is InChI=1S/C40H31F9O/c1-2-3-4-7-24-10-12-26(13-11-24)28-16-17-31(33(42)20-28)29-15-14-27(32(41)21-29)9-6-5-8-25-18-34(43)38(35(44)19-25)40(48,49)50-30-22-36(45)39(47)37(46)23-30/h5,8,10-23H,2-4,6-7,9H2,1H3/b8-5+. The minimum Gasteiger partial charge on any atom is -0.429 e. The van der Waals surface area contributed by atoms with Crippen LogP contribution in [0.15, 0.2) is 91.0 Å². The summed E-state index contributed by atoms with van der Waals surface area (Å²) >= 11 is 0. The summed E-state index contributed by atoms with van der Waals surface area (Å²) in [6.45, 7) is 2.15. The summed E-state index contributed by atoms with van der Waals surface area (Å²) in [5, 5.41) is 0. The van der Waals surface area contributed by atoms with Crippen molar-refractivity contribution in [3.8, 4) is 28.0 Å². The normalized spacial score (nSPS) is 11.8. The Hall–Kier alpha value is -4.99. The minimum atomic E-state index is -4.71. The molecule has 260 valence electrons. The quantitative estimate of drug-likeness (QED) is 0.0676. The van der Waals surface area contributed by atoms with Gasteiger partial charge in [-0.1, -0.05) is 80.4 Å². The lowest BCUT2D eigenvalue weighted by molar-refractivity contribution is -0.189. The largest absolute Gasteiger partial charge is 0.432 e. The van der Waals surface area contributed by atoms with Crippen molar-refractivity contribution >= 4 is 6.08 Å². The molecule has 5 aromatic carbocycles. The van der Waals surface area contributed by atoms with Gasteiger partial charge in [0.15, 0.2) is 17.5 Å². The minimum absolute atomic E-state index is 0.112. The average molecular weight is 699 g/mol. The van der Waals surface area contributed by atoms with Crippen LogP contribution >= 0.6 is 0 Å². The van der Waals surface area contributed by atoms with E-state index < -0.39 is 58.1 Å². The van der Waals surface area contributed by atoms with Gasteiger partial charge in [0.2, 0.25) is 0 Å². The van der Waals surface area contributed by atoms with Crippen LogP contribution in [0.3, 0.4) is 0 Å². The fourth-order valence-corrected chi connectivity index (χ4v) is 5.50. The SMILES string of the molecule is CCCCCc1ccc(-c2ccc(-c3ccc(CC/C=C/c4cc(F)c(C(F)(F)Oc5cc(F)c(F)c(F)c5)c(F)c4)c(F)c3)c(F)c2)cc1. The molecule has 0 radical (unpaired) electrons. The van der Waals surface area contributed by atoms with Gasteiger partial charge in [-0.05, 0) is 83.3 Å². The van der Waals surface area contributed by atoms with E-state index in [1.54, 1.807) is 18.2 Å². The first kappa shape index (κ1) is 36.3. The molecule has 0 spiro atoms. The molecular weight excluding hydrogens is 667 g/mol. The number of hydrogen-bond donors (Lipinski definition) is 0. The zero-order valence-corrected chi connectivity index (χ0v) is 26.8. The van der Waals surface area contributed by atoms with Crippen molar-refractivity contribution < 1.29 is 44.3 Å². The Kier molecular flexibility index (Phi) is 11.4. The maximum Gasteiger partial charge on any atom is 0.432 e. The average Bonchev–Trinajstić information content (AvgIpc) is 3.06. The summed E-state index contributed by atoms with van der Waals surface area (Å²) in [5.74, 6) is -11.3. The Balaban J connectivity index is 1.21. The second-order valence-electron chi connectivity index (χ2n) is 11.8. The van der Waals surface area contributed by atoms with Gasteiger partial charge < -0.3 is 4.74 Å². The number of allylic oxidation sites excluding steroid dienone is 1. The molecule has 0 unspecified atom stereocenters. The first-order valence-electron chi connectivity index (χ1n) is 15.9. The van der Waals surface area contributed by atoms with Crippen LogP contribution in [0.5, 0.6) is 5.75 Å². The zero-order chi connectivity index (χ0) is 36.0. The Morgan fingerprint density at radius 2 is 1.22 bits per heavy atom. The number of unbranched alkanes of at least 4 members (excludes halogenated alkanes) is 2. The molecule has 0 bridgehead atoms. The number of alkyl halides is 2. The highest BCUT2D eigenvalue weighted by Gasteiger charge is 2.41. The second kappa shape index (κ2) is 15.7. The maximum absolute atomic E-state index is 15.2. The molecule has 0 aliphatic carbocycles. The van der Waals surface area contributed by atoms with Crippen LogP contribution in [0, 0.1) is 40.7 Å². The van der Waals surface area contributed by atoms with Gasteiger partial charge >= 0.3 is 6.11 Å². The summed E-state index contributed by atoms with van der Waals surface area (Å²) in [7, 11) is 0. The number of aryl methyl sites for hydroxylation is 2. The van der Waals surface area contributed by atoms with E-state index in [4.69, 9.17) is 0 Å². The molecule has 0 atom stereocenters. The van der Waals surface area contributed by atoms with Crippen molar-refractivity contribution in [1.29, 1.82) is 0 Å². The number of rotatable bonds is 13. The molecule has 0 saturated carbocycles. The third-order valence-electron chi connectivity index (χ3n) is 8.14. The van der Waals surface area contributed by atoms with Crippen molar-refractivity contribution in [2.24, 2.45) is 0 Å². The van der Waals surface area contributed by atoms with Crippen LogP contribution in [0.1, 0.15) is 54.9 Å². The number of hydrogen-bond acceptors (Lipinski definition) is 1. The molecule has 0 fully saturated rings. The lowest BCUT2D eigenvalue weighted by Gasteiger charge is -2.20.